The number of alkyl halides is 2. The van der Waals surface area contributed by atoms with E-state index in [-0.39, 0.29) is 41.7 Å². The van der Waals surface area contributed by atoms with Crippen molar-refractivity contribution in [3.8, 4) is 0 Å². The number of carbonyl (C=O) groups is 2. The van der Waals surface area contributed by atoms with Crippen molar-refractivity contribution in [1.29, 1.82) is 0 Å². The molecule has 0 radical (unpaired) electrons. The molecule has 14 heteroatoms. The third-order valence-electron chi connectivity index (χ3n) is 5.55. The Kier molecular flexibility index (Phi) is 7.09. The van der Waals surface area contributed by atoms with E-state index in [4.69, 9.17) is 9.57 Å². The Morgan fingerprint density at radius 1 is 1.44 bits per heavy atom. The van der Waals surface area contributed by atoms with E-state index in [1.54, 1.807) is 0 Å². The number of ether oxygens (including phenoxy) is 1. The summed E-state index contributed by atoms with van der Waals surface area (Å²) < 4.78 is 45.5. The highest BCUT2D eigenvalue weighted by atomic mass is 79.9. The molecule has 34 heavy (non-hydrogen) atoms. The predicted octanol–water partition coefficient (Wildman–Crippen LogP) is 2.83. The number of pyridine rings is 1. The molecule has 0 unspecified atom stereocenters. The van der Waals surface area contributed by atoms with E-state index in [0.717, 1.165) is 5.06 Å². The third-order valence-corrected chi connectivity index (χ3v) is 6.10. The number of amides is 3. The van der Waals surface area contributed by atoms with Gasteiger partial charge in [0.25, 0.3) is 12.3 Å². The Labute approximate surface area is 201 Å². The fraction of sp³-hybridized carbons (Fsp3) is 0.500. The molecule has 2 aromatic heterocycles. The molecule has 2 aliphatic heterocycles. The minimum Gasteiger partial charge on any atom is -0.373 e. The molecule has 2 aromatic rings. The second kappa shape index (κ2) is 9.88. The SMILES string of the molecule is C[C@@H]1Cc2nn3c(c2CN1C(=O)Nc1ccnc(Br)c1F)C(=O)N(C)O[C@H](COCC(F)F)C3. The van der Waals surface area contributed by atoms with E-state index >= 15 is 0 Å². The number of fused-ring (bicyclic) bond motifs is 3. The van der Waals surface area contributed by atoms with Crippen LogP contribution in [-0.4, -0.2) is 75.5 Å². The van der Waals surface area contributed by atoms with Crippen LogP contribution in [0.4, 0.5) is 23.7 Å². The minimum atomic E-state index is -2.61. The van der Waals surface area contributed by atoms with Gasteiger partial charge < -0.3 is 15.0 Å². The van der Waals surface area contributed by atoms with Crippen molar-refractivity contribution in [2.75, 3.05) is 25.6 Å². The molecule has 0 saturated heterocycles. The third kappa shape index (κ3) is 4.88. The molecule has 0 spiro atoms. The van der Waals surface area contributed by atoms with Crippen molar-refractivity contribution in [2.45, 2.75) is 45.0 Å². The highest BCUT2D eigenvalue weighted by molar-refractivity contribution is 9.10. The number of rotatable bonds is 5. The van der Waals surface area contributed by atoms with E-state index < -0.39 is 36.9 Å². The number of nitrogens with zero attached hydrogens (tertiary/aromatic N) is 5. The summed E-state index contributed by atoms with van der Waals surface area (Å²) in [5.41, 5.74) is 1.42. The van der Waals surface area contributed by atoms with Crippen LogP contribution in [0.5, 0.6) is 0 Å². The van der Waals surface area contributed by atoms with Crippen molar-refractivity contribution < 1.29 is 32.3 Å². The first-order valence-corrected chi connectivity index (χ1v) is 11.2. The number of hydroxylamine groups is 2. The second-order valence-electron chi connectivity index (χ2n) is 7.99. The maximum Gasteiger partial charge on any atom is 0.322 e. The average molecular weight is 547 g/mol. The molecule has 4 heterocycles. The summed E-state index contributed by atoms with van der Waals surface area (Å²) >= 11 is 2.99. The van der Waals surface area contributed by atoms with Gasteiger partial charge in [-0.1, -0.05) is 0 Å². The highest BCUT2D eigenvalue weighted by Gasteiger charge is 2.37. The lowest BCUT2D eigenvalue weighted by Crippen LogP contribution is -2.45. The van der Waals surface area contributed by atoms with Crippen molar-refractivity contribution >= 4 is 33.6 Å². The number of carbonyl (C=O) groups excluding carboxylic acids is 2. The predicted molar refractivity (Wildman–Crippen MR) is 116 cm³/mol. The van der Waals surface area contributed by atoms with Gasteiger partial charge in [-0.05, 0) is 28.9 Å². The monoisotopic (exact) mass is 546 g/mol. The zero-order chi connectivity index (χ0) is 24.6. The molecular formula is C20H22BrF3N6O4. The average Bonchev–Trinajstić information content (AvgIpc) is 3.06. The molecule has 0 bridgehead atoms. The topological polar surface area (TPSA) is 102 Å². The van der Waals surface area contributed by atoms with Crippen LogP contribution in [0.2, 0.25) is 0 Å². The van der Waals surface area contributed by atoms with Gasteiger partial charge in [0.15, 0.2) is 5.82 Å². The van der Waals surface area contributed by atoms with Crippen LogP contribution in [0.1, 0.15) is 28.7 Å². The molecule has 10 nitrogen and oxygen atoms in total. The lowest BCUT2D eigenvalue weighted by Gasteiger charge is -2.33. The summed E-state index contributed by atoms with van der Waals surface area (Å²) in [6, 6.07) is 0.518. The first-order valence-electron chi connectivity index (χ1n) is 10.4. The quantitative estimate of drug-likeness (QED) is 0.578. The number of halogens is 4. The summed E-state index contributed by atoms with van der Waals surface area (Å²) in [4.78, 5) is 36.8. The van der Waals surface area contributed by atoms with Crippen LogP contribution in [0, 0.1) is 5.82 Å². The molecule has 0 saturated carbocycles. The number of aromatic nitrogens is 3. The number of anilines is 1. The fourth-order valence-corrected chi connectivity index (χ4v) is 4.29. The van der Waals surface area contributed by atoms with Crippen LogP contribution in [0.3, 0.4) is 0 Å². The smallest absolute Gasteiger partial charge is 0.322 e. The Morgan fingerprint density at radius 3 is 2.94 bits per heavy atom. The maximum absolute atomic E-state index is 14.3. The van der Waals surface area contributed by atoms with E-state index in [1.807, 2.05) is 6.92 Å². The number of nitrogens with one attached hydrogen (secondary N) is 1. The molecule has 0 aliphatic carbocycles. The summed E-state index contributed by atoms with van der Waals surface area (Å²) in [5.74, 6) is -1.18. The van der Waals surface area contributed by atoms with Crippen molar-refractivity contribution in [1.82, 2.24) is 24.7 Å². The Morgan fingerprint density at radius 2 is 2.21 bits per heavy atom. The van der Waals surface area contributed by atoms with Crippen molar-refractivity contribution in [3.05, 3.63) is 39.6 Å². The molecule has 0 aromatic carbocycles. The number of hydrogen-bond acceptors (Lipinski definition) is 6. The van der Waals surface area contributed by atoms with Crippen molar-refractivity contribution in [3.63, 3.8) is 0 Å². The minimum absolute atomic E-state index is 0.0260. The molecule has 2 atom stereocenters. The highest BCUT2D eigenvalue weighted by Crippen LogP contribution is 2.30. The first kappa shape index (κ1) is 24.4. The van der Waals surface area contributed by atoms with Gasteiger partial charge in [0, 0.05) is 31.3 Å². The maximum atomic E-state index is 14.3. The van der Waals surface area contributed by atoms with Gasteiger partial charge in [0.05, 0.1) is 31.1 Å². The number of urea groups is 1. The van der Waals surface area contributed by atoms with E-state index in [1.165, 1.54) is 28.9 Å². The molecule has 0 fully saturated rings. The Balaban J connectivity index is 1.56. The zero-order valence-corrected chi connectivity index (χ0v) is 19.9. The van der Waals surface area contributed by atoms with E-state index in [0.29, 0.717) is 17.7 Å². The fourth-order valence-electron chi connectivity index (χ4n) is 3.96. The molecule has 2 aliphatic rings. The van der Waals surface area contributed by atoms with Crippen molar-refractivity contribution in [2.24, 2.45) is 0 Å². The van der Waals surface area contributed by atoms with Gasteiger partial charge in [-0.15, -0.1) is 0 Å². The Bertz CT molecular complexity index is 1100. The molecule has 3 amide bonds. The first-order chi connectivity index (χ1) is 16.2. The molecule has 4 rings (SSSR count). The van der Waals surface area contributed by atoms with Gasteiger partial charge >= 0.3 is 6.03 Å². The van der Waals surface area contributed by atoms with Gasteiger partial charge in [0.2, 0.25) is 0 Å². The second-order valence-corrected chi connectivity index (χ2v) is 8.74. The summed E-state index contributed by atoms with van der Waals surface area (Å²) in [6.07, 6.45) is -1.60. The molecular weight excluding hydrogens is 525 g/mol. The van der Waals surface area contributed by atoms with E-state index in [9.17, 15) is 22.8 Å². The van der Waals surface area contributed by atoms with Crippen LogP contribution >= 0.6 is 15.9 Å². The van der Waals surface area contributed by atoms with E-state index in [2.05, 4.69) is 31.3 Å². The van der Waals surface area contributed by atoms with Crippen LogP contribution < -0.4 is 5.32 Å². The van der Waals surface area contributed by atoms with Gasteiger partial charge in [0.1, 0.15) is 23.0 Å². The summed E-state index contributed by atoms with van der Waals surface area (Å²) in [7, 11) is 1.41. The molecule has 184 valence electrons. The van der Waals surface area contributed by atoms with Gasteiger partial charge in [-0.3, -0.25) is 14.3 Å². The lowest BCUT2D eigenvalue weighted by atomic mass is 9.99. The normalized spacial score (nSPS) is 20.3. The van der Waals surface area contributed by atoms with Gasteiger partial charge in [-0.2, -0.15) is 5.10 Å². The Hall–Kier alpha value is -2.71. The van der Waals surface area contributed by atoms with Gasteiger partial charge in [-0.25, -0.2) is 28.0 Å². The standard InChI is InChI=1S/C20H22BrF3N6O4/c1-10-5-14-12(7-29(10)20(32)26-13-3-4-25-18(21)16(13)24)17-19(31)28(2)34-11(6-30(17)27-14)8-33-9-15(22)23/h3-4,10-11,15H,5-9H2,1-2H3,(H,25,26,32)/t10-,11+/m1/s1. The van der Waals surface area contributed by atoms with Crippen LogP contribution in [-0.2, 0) is 29.1 Å². The van der Waals surface area contributed by atoms with Crippen LogP contribution in [0.15, 0.2) is 16.9 Å². The largest absolute Gasteiger partial charge is 0.373 e. The summed E-state index contributed by atoms with van der Waals surface area (Å²) in [6.45, 7) is 1.11. The number of hydrogen-bond donors (Lipinski definition) is 1. The molecule has 1 N–H and O–H groups in total. The zero-order valence-electron chi connectivity index (χ0n) is 18.3. The summed E-state index contributed by atoms with van der Waals surface area (Å²) in [5, 5.41) is 8.10. The van der Waals surface area contributed by atoms with Crippen LogP contribution in [0.25, 0.3) is 0 Å². The lowest BCUT2D eigenvalue weighted by molar-refractivity contribution is -0.169.